The Kier molecular flexibility index (Phi) is 5.41. The molecule has 0 spiro atoms. The molecule has 1 heterocycles. The number of aromatic nitrogens is 2. The van der Waals surface area contributed by atoms with E-state index in [4.69, 9.17) is 4.42 Å². The minimum atomic E-state index is -0.518. The van der Waals surface area contributed by atoms with Crippen molar-refractivity contribution >= 4 is 12.1 Å². The summed E-state index contributed by atoms with van der Waals surface area (Å²) in [7, 11) is 0. The molecular formula is C22H16N4O6. The highest BCUT2D eigenvalue weighted by molar-refractivity contribution is 5.95. The summed E-state index contributed by atoms with van der Waals surface area (Å²) >= 11 is 0. The van der Waals surface area contributed by atoms with Crippen LogP contribution in [0.25, 0.3) is 22.9 Å². The van der Waals surface area contributed by atoms with Crippen molar-refractivity contribution in [2.24, 2.45) is 5.10 Å². The van der Waals surface area contributed by atoms with Crippen LogP contribution in [-0.4, -0.2) is 42.7 Å². The van der Waals surface area contributed by atoms with E-state index in [1.54, 1.807) is 30.3 Å². The number of carbonyl (C=O) groups excluding carboxylic acids is 1. The Morgan fingerprint density at radius 1 is 0.844 bits per heavy atom. The zero-order valence-corrected chi connectivity index (χ0v) is 16.3. The fraction of sp³-hybridized carbons (Fsp3) is 0. The molecule has 1 aromatic heterocycles. The van der Waals surface area contributed by atoms with Gasteiger partial charge in [-0.2, -0.15) is 5.10 Å². The summed E-state index contributed by atoms with van der Waals surface area (Å²) in [6, 6.07) is 14.9. The average Bonchev–Trinajstić information content (AvgIpc) is 3.27. The van der Waals surface area contributed by atoms with E-state index in [0.717, 1.165) is 18.3 Å². The standard InChI is InChI=1S/C22H16N4O6/c27-16-4-2-1-3-15(16)22-26-25-21(32-22)13-7-5-12(6-8-13)20(31)24-23-11-14-9-18(29)19(30)10-17(14)28/h1-11,27-30H,(H,24,31)/b23-11+. The summed E-state index contributed by atoms with van der Waals surface area (Å²) in [4.78, 5) is 12.3. The molecule has 0 aliphatic carbocycles. The van der Waals surface area contributed by atoms with E-state index >= 15 is 0 Å². The minimum Gasteiger partial charge on any atom is -0.507 e. The van der Waals surface area contributed by atoms with Crippen molar-refractivity contribution in [1.82, 2.24) is 15.6 Å². The lowest BCUT2D eigenvalue weighted by Gasteiger charge is -2.03. The smallest absolute Gasteiger partial charge is 0.271 e. The van der Waals surface area contributed by atoms with Crippen molar-refractivity contribution in [1.29, 1.82) is 0 Å². The summed E-state index contributed by atoms with van der Waals surface area (Å²) < 4.78 is 5.61. The lowest BCUT2D eigenvalue weighted by atomic mass is 10.1. The number of carbonyl (C=O) groups is 1. The largest absolute Gasteiger partial charge is 0.507 e. The predicted octanol–water partition coefficient (Wildman–Crippen LogP) is 2.99. The van der Waals surface area contributed by atoms with Crippen LogP contribution in [0, 0.1) is 0 Å². The molecule has 0 unspecified atom stereocenters. The summed E-state index contributed by atoms with van der Waals surface area (Å²) in [6.45, 7) is 0. The van der Waals surface area contributed by atoms with Crippen LogP contribution in [0.1, 0.15) is 15.9 Å². The molecule has 4 aromatic rings. The first-order valence-corrected chi connectivity index (χ1v) is 9.23. The summed E-state index contributed by atoms with van der Waals surface area (Å²) in [6.07, 6.45) is 1.12. The van der Waals surface area contributed by atoms with Crippen LogP contribution in [0.3, 0.4) is 0 Å². The van der Waals surface area contributed by atoms with E-state index in [1.807, 2.05) is 0 Å². The number of hydrogen-bond acceptors (Lipinski definition) is 9. The second kappa shape index (κ2) is 8.48. The van der Waals surface area contributed by atoms with Crippen LogP contribution in [0.5, 0.6) is 23.0 Å². The molecule has 10 heteroatoms. The number of phenolic OH excluding ortho intramolecular Hbond substituents is 4. The maximum Gasteiger partial charge on any atom is 0.271 e. The van der Waals surface area contributed by atoms with Crippen molar-refractivity contribution in [2.75, 3.05) is 0 Å². The van der Waals surface area contributed by atoms with Gasteiger partial charge in [0.25, 0.3) is 11.8 Å². The average molecular weight is 432 g/mol. The van der Waals surface area contributed by atoms with Crippen molar-refractivity contribution < 1.29 is 29.6 Å². The molecule has 0 radical (unpaired) electrons. The van der Waals surface area contributed by atoms with Crippen LogP contribution in [0.15, 0.2) is 70.2 Å². The van der Waals surface area contributed by atoms with E-state index in [0.29, 0.717) is 16.7 Å². The van der Waals surface area contributed by atoms with Crippen molar-refractivity contribution in [3.8, 4) is 45.9 Å². The summed E-state index contributed by atoms with van der Waals surface area (Å²) in [5.74, 6) is -1.34. The van der Waals surface area contributed by atoms with E-state index in [1.165, 1.54) is 18.2 Å². The number of rotatable bonds is 5. The van der Waals surface area contributed by atoms with Crippen LogP contribution in [0.4, 0.5) is 0 Å². The van der Waals surface area contributed by atoms with Crippen LogP contribution in [-0.2, 0) is 0 Å². The molecule has 0 saturated heterocycles. The number of aromatic hydroxyl groups is 4. The first kappa shape index (κ1) is 20.4. The highest BCUT2D eigenvalue weighted by atomic mass is 16.4. The molecule has 1 amide bonds. The maximum atomic E-state index is 12.3. The van der Waals surface area contributed by atoms with E-state index in [9.17, 15) is 25.2 Å². The lowest BCUT2D eigenvalue weighted by molar-refractivity contribution is 0.0955. The number of hydrazone groups is 1. The quantitative estimate of drug-likeness (QED) is 0.139. The zero-order chi connectivity index (χ0) is 22.7. The van der Waals surface area contributed by atoms with Gasteiger partial charge in [-0.3, -0.25) is 4.79 Å². The number of hydrogen-bond donors (Lipinski definition) is 5. The maximum absolute atomic E-state index is 12.3. The normalized spacial score (nSPS) is 11.0. The van der Waals surface area contributed by atoms with E-state index in [2.05, 4.69) is 20.7 Å². The predicted molar refractivity (Wildman–Crippen MR) is 113 cm³/mol. The van der Waals surface area contributed by atoms with Crippen LogP contribution in [0.2, 0.25) is 0 Å². The number of nitrogens with zero attached hydrogens (tertiary/aromatic N) is 3. The SMILES string of the molecule is O=C(N/N=C/c1cc(O)c(O)cc1O)c1ccc(-c2nnc(-c3ccccc3O)o2)cc1. The molecule has 10 nitrogen and oxygen atoms in total. The van der Waals surface area contributed by atoms with Gasteiger partial charge in [0.15, 0.2) is 11.5 Å². The molecule has 0 fully saturated rings. The van der Waals surface area contributed by atoms with Gasteiger partial charge in [0.2, 0.25) is 5.89 Å². The van der Waals surface area contributed by atoms with Crippen molar-refractivity contribution in [3.63, 3.8) is 0 Å². The van der Waals surface area contributed by atoms with E-state index < -0.39 is 17.4 Å². The fourth-order valence-electron chi connectivity index (χ4n) is 2.78. The van der Waals surface area contributed by atoms with Gasteiger partial charge in [-0.1, -0.05) is 12.1 Å². The van der Waals surface area contributed by atoms with Crippen molar-refractivity contribution in [2.45, 2.75) is 0 Å². The first-order chi connectivity index (χ1) is 15.4. The Balaban J connectivity index is 1.44. The number of amides is 1. The number of benzene rings is 3. The fourth-order valence-corrected chi connectivity index (χ4v) is 2.78. The molecular weight excluding hydrogens is 416 g/mol. The Labute approximate surface area is 180 Å². The van der Waals surface area contributed by atoms with Gasteiger partial charge in [0.05, 0.1) is 11.8 Å². The summed E-state index contributed by atoms with van der Waals surface area (Å²) in [5.41, 5.74) is 3.68. The third-order valence-corrected chi connectivity index (χ3v) is 4.45. The third kappa shape index (κ3) is 4.19. The monoisotopic (exact) mass is 432 g/mol. The lowest BCUT2D eigenvalue weighted by Crippen LogP contribution is -2.17. The minimum absolute atomic E-state index is 0.0195. The molecule has 160 valence electrons. The molecule has 5 N–H and O–H groups in total. The topological polar surface area (TPSA) is 161 Å². The number of phenols is 4. The van der Waals surface area contributed by atoms with Gasteiger partial charge in [-0.05, 0) is 42.5 Å². The zero-order valence-electron chi connectivity index (χ0n) is 16.3. The molecule has 32 heavy (non-hydrogen) atoms. The van der Waals surface area contributed by atoms with Gasteiger partial charge in [-0.15, -0.1) is 10.2 Å². The molecule has 0 saturated carbocycles. The molecule has 3 aromatic carbocycles. The Morgan fingerprint density at radius 2 is 1.53 bits per heavy atom. The molecule has 4 rings (SSSR count). The molecule has 0 bridgehead atoms. The van der Waals surface area contributed by atoms with Gasteiger partial charge >= 0.3 is 0 Å². The van der Waals surface area contributed by atoms with Crippen LogP contribution < -0.4 is 5.43 Å². The Morgan fingerprint density at radius 3 is 2.28 bits per heavy atom. The highest BCUT2D eigenvalue weighted by Crippen LogP contribution is 2.31. The Bertz CT molecular complexity index is 1310. The molecule has 0 aliphatic heterocycles. The van der Waals surface area contributed by atoms with Gasteiger partial charge in [0, 0.05) is 22.8 Å². The van der Waals surface area contributed by atoms with Gasteiger partial charge < -0.3 is 24.8 Å². The van der Waals surface area contributed by atoms with Crippen molar-refractivity contribution in [3.05, 3.63) is 71.8 Å². The Hall–Kier alpha value is -4.86. The highest BCUT2D eigenvalue weighted by Gasteiger charge is 2.14. The number of nitrogens with one attached hydrogen (secondary N) is 1. The van der Waals surface area contributed by atoms with E-state index in [-0.39, 0.29) is 28.8 Å². The summed E-state index contributed by atoms with van der Waals surface area (Å²) in [5, 5.41) is 50.0. The van der Waals surface area contributed by atoms with Crippen LogP contribution >= 0.6 is 0 Å². The molecule has 0 aliphatic rings. The van der Waals surface area contributed by atoms with Gasteiger partial charge in [-0.25, -0.2) is 5.43 Å². The third-order valence-electron chi connectivity index (χ3n) is 4.45. The molecule has 0 atom stereocenters. The second-order valence-electron chi connectivity index (χ2n) is 6.61. The number of para-hydroxylation sites is 1. The van der Waals surface area contributed by atoms with Gasteiger partial charge in [0.1, 0.15) is 11.5 Å². The second-order valence-corrected chi connectivity index (χ2v) is 6.61. The first-order valence-electron chi connectivity index (χ1n) is 9.23.